The van der Waals surface area contributed by atoms with Crippen LogP contribution in [-0.2, 0) is 12.8 Å². The second kappa shape index (κ2) is 8.90. The maximum atomic E-state index is 12.8. The Morgan fingerprint density at radius 1 is 0.939 bits per heavy atom. The maximum Gasteiger partial charge on any atom is 0.167 e. The molecule has 3 aromatic carbocycles. The van der Waals surface area contributed by atoms with Gasteiger partial charge in [-0.2, -0.15) is 0 Å². The summed E-state index contributed by atoms with van der Waals surface area (Å²) < 4.78 is 0. The minimum atomic E-state index is 0.0564. The van der Waals surface area contributed by atoms with Crippen LogP contribution in [0.15, 0.2) is 66.7 Å². The van der Waals surface area contributed by atoms with Crippen LogP contribution in [0.25, 0.3) is 22.4 Å². The highest BCUT2D eigenvalue weighted by molar-refractivity contribution is 5.98. The molecule has 2 heterocycles. The van der Waals surface area contributed by atoms with Gasteiger partial charge in [0.2, 0.25) is 0 Å². The van der Waals surface area contributed by atoms with Gasteiger partial charge in [-0.3, -0.25) is 10.2 Å². The molecule has 0 aliphatic carbocycles. The van der Waals surface area contributed by atoms with Crippen LogP contribution in [0, 0.1) is 5.41 Å². The SMILES string of the molecule is N=C(N)Cc1ccc(C(=O)Cc2ccc3nc(-c4ccc(N5CCCC5)cc4)[nH]c3c2)cc1. The summed E-state index contributed by atoms with van der Waals surface area (Å²) in [6.07, 6.45) is 3.25. The average molecular weight is 438 g/mol. The van der Waals surface area contributed by atoms with Crippen molar-refractivity contribution in [2.75, 3.05) is 18.0 Å². The molecule has 6 heteroatoms. The molecule has 0 atom stereocenters. The Morgan fingerprint density at radius 2 is 1.64 bits per heavy atom. The van der Waals surface area contributed by atoms with Gasteiger partial charge in [-0.15, -0.1) is 0 Å². The molecule has 1 aliphatic heterocycles. The fourth-order valence-electron chi connectivity index (χ4n) is 4.42. The van der Waals surface area contributed by atoms with Gasteiger partial charge in [0.25, 0.3) is 0 Å². The van der Waals surface area contributed by atoms with Gasteiger partial charge < -0.3 is 15.6 Å². The Balaban J connectivity index is 1.30. The maximum absolute atomic E-state index is 12.8. The summed E-state index contributed by atoms with van der Waals surface area (Å²) in [7, 11) is 0. The summed E-state index contributed by atoms with van der Waals surface area (Å²) in [6, 6.07) is 21.8. The summed E-state index contributed by atoms with van der Waals surface area (Å²) >= 11 is 0. The number of amidine groups is 1. The van der Waals surface area contributed by atoms with Crippen LogP contribution >= 0.6 is 0 Å². The molecule has 5 rings (SSSR count). The second-order valence-corrected chi connectivity index (χ2v) is 8.68. The van der Waals surface area contributed by atoms with Crippen LogP contribution in [0.3, 0.4) is 0 Å². The number of nitrogens with zero attached hydrogens (tertiary/aromatic N) is 2. The van der Waals surface area contributed by atoms with Gasteiger partial charge in [0.1, 0.15) is 5.82 Å². The van der Waals surface area contributed by atoms with E-state index in [2.05, 4.69) is 34.1 Å². The number of benzene rings is 3. The molecule has 166 valence electrons. The van der Waals surface area contributed by atoms with Gasteiger partial charge in [-0.05, 0) is 60.4 Å². The molecule has 0 saturated carbocycles. The van der Waals surface area contributed by atoms with E-state index in [0.29, 0.717) is 18.4 Å². The number of carbonyl (C=O) groups excluding carboxylic acids is 1. The standard InChI is InChI=1S/C27H27N5O/c28-26(29)17-18-3-6-20(7-4-18)25(33)16-19-5-12-23-24(15-19)31-27(30-23)21-8-10-22(11-9-21)32-13-1-2-14-32/h3-12,15H,1-2,13-14,16-17H2,(H3,28,29)(H,30,31). The van der Waals surface area contributed by atoms with Crippen molar-refractivity contribution in [2.24, 2.45) is 5.73 Å². The number of fused-ring (bicyclic) bond motifs is 1. The Labute approximate surface area is 193 Å². The van der Waals surface area contributed by atoms with Crippen molar-refractivity contribution in [3.8, 4) is 11.4 Å². The van der Waals surface area contributed by atoms with E-state index in [1.54, 1.807) is 12.1 Å². The quantitative estimate of drug-likeness (QED) is 0.221. The summed E-state index contributed by atoms with van der Waals surface area (Å²) in [5, 5.41) is 7.39. The van der Waals surface area contributed by atoms with Crippen molar-refractivity contribution < 1.29 is 4.79 Å². The zero-order valence-corrected chi connectivity index (χ0v) is 18.5. The lowest BCUT2D eigenvalue weighted by atomic mass is 10.0. The van der Waals surface area contributed by atoms with Gasteiger partial charge >= 0.3 is 0 Å². The number of ketones is 1. The fourth-order valence-corrected chi connectivity index (χ4v) is 4.42. The minimum Gasteiger partial charge on any atom is -0.387 e. The number of nitrogens with two attached hydrogens (primary N) is 1. The second-order valence-electron chi connectivity index (χ2n) is 8.68. The van der Waals surface area contributed by atoms with E-state index in [4.69, 9.17) is 16.1 Å². The third-order valence-electron chi connectivity index (χ3n) is 6.19. The van der Waals surface area contributed by atoms with Gasteiger partial charge in [0.15, 0.2) is 5.78 Å². The van der Waals surface area contributed by atoms with Crippen LogP contribution in [0.5, 0.6) is 0 Å². The third kappa shape index (κ3) is 4.65. The Morgan fingerprint density at radius 3 is 2.33 bits per heavy atom. The Bertz CT molecular complexity index is 1300. The molecule has 33 heavy (non-hydrogen) atoms. The van der Waals surface area contributed by atoms with Crippen LogP contribution < -0.4 is 10.6 Å². The molecular formula is C27H27N5O. The van der Waals surface area contributed by atoms with Gasteiger partial charge in [0, 0.05) is 42.7 Å². The van der Waals surface area contributed by atoms with E-state index in [9.17, 15) is 4.79 Å². The van der Waals surface area contributed by atoms with Crippen molar-refractivity contribution in [3.63, 3.8) is 0 Å². The van der Waals surface area contributed by atoms with Crippen LogP contribution in [0.4, 0.5) is 5.69 Å². The van der Waals surface area contributed by atoms with E-state index < -0.39 is 0 Å². The molecule has 0 spiro atoms. The minimum absolute atomic E-state index is 0.0564. The van der Waals surface area contributed by atoms with Crippen molar-refractivity contribution in [1.82, 2.24) is 9.97 Å². The number of H-pyrrole nitrogens is 1. The first-order valence-corrected chi connectivity index (χ1v) is 11.3. The number of rotatable bonds is 7. The van der Waals surface area contributed by atoms with Crippen molar-refractivity contribution in [1.29, 1.82) is 5.41 Å². The third-order valence-corrected chi connectivity index (χ3v) is 6.19. The topological polar surface area (TPSA) is 98.9 Å². The molecule has 1 saturated heterocycles. The largest absolute Gasteiger partial charge is 0.387 e. The predicted molar refractivity (Wildman–Crippen MR) is 133 cm³/mol. The molecule has 1 aliphatic rings. The van der Waals surface area contributed by atoms with Crippen LogP contribution in [-0.4, -0.2) is 34.7 Å². The number of imidazole rings is 1. The number of hydrogen-bond donors (Lipinski definition) is 3. The van der Waals surface area contributed by atoms with Crippen LogP contribution in [0.1, 0.15) is 34.3 Å². The summed E-state index contributed by atoms with van der Waals surface area (Å²) in [4.78, 5) is 23.3. The van der Waals surface area contributed by atoms with Crippen molar-refractivity contribution in [2.45, 2.75) is 25.7 Å². The molecule has 1 aromatic heterocycles. The van der Waals surface area contributed by atoms with Crippen molar-refractivity contribution in [3.05, 3.63) is 83.4 Å². The highest BCUT2D eigenvalue weighted by Crippen LogP contribution is 2.26. The number of carbonyl (C=O) groups is 1. The summed E-state index contributed by atoms with van der Waals surface area (Å²) in [6.45, 7) is 2.27. The number of hydrogen-bond acceptors (Lipinski definition) is 4. The first-order chi connectivity index (χ1) is 16.0. The Hall–Kier alpha value is -3.93. The number of nitrogens with one attached hydrogen (secondary N) is 2. The highest BCUT2D eigenvalue weighted by atomic mass is 16.1. The number of anilines is 1. The molecule has 0 amide bonds. The lowest BCUT2D eigenvalue weighted by Crippen LogP contribution is -2.17. The van der Waals surface area contributed by atoms with E-state index in [1.807, 2.05) is 30.3 Å². The van der Waals surface area contributed by atoms with E-state index in [1.165, 1.54) is 18.5 Å². The van der Waals surface area contributed by atoms with Crippen LogP contribution in [0.2, 0.25) is 0 Å². The molecule has 6 nitrogen and oxygen atoms in total. The first kappa shape index (κ1) is 20.9. The summed E-state index contributed by atoms with van der Waals surface area (Å²) in [5.74, 6) is 1.01. The number of aromatic amines is 1. The fraction of sp³-hybridized carbons (Fsp3) is 0.222. The molecule has 0 bridgehead atoms. The van der Waals surface area contributed by atoms with E-state index in [0.717, 1.165) is 46.6 Å². The van der Waals surface area contributed by atoms with Gasteiger partial charge in [0.05, 0.1) is 16.9 Å². The smallest absolute Gasteiger partial charge is 0.167 e. The normalized spacial score (nSPS) is 13.5. The number of aromatic nitrogens is 2. The zero-order chi connectivity index (χ0) is 22.8. The number of Topliss-reactive ketones (excluding diaryl/α,β-unsaturated/α-hetero) is 1. The zero-order valence-electron chi connectivity index (χ0n) is 18.5. The highest BCUT2D eigenvalue weighted by Gasteiger charge is 2.13. The lowest BCUT2D eigenvalue weighted by molar-refractivity contribution is 0.0993. The predicted octanol–water partition coefficient (Wildman–Crippen LogP) is 4.73. The molecule has 1 fully saturated rings. The molecule has 0 unspecified atom stereocenters. The average Bonchev–Trinajstić information content (AvgIpc) is 3.49. The van der Waals surface area contributed by atoms with Gasteiger partial charge in [-0.1, -0.05) is 30.3 Å². The van der Waals surface area contributed by atoms with Crippen molar-refractivity contribution >= 4 is 28.3 Å². The molecule has 4 N–H and O–H groups in total. The lowest BCUT2D eigenvalue weighted by Gasteiger charge is -2.17. The summed E-state index contributed by atoms with van der Waals surface area (Å²) in [5.41, 5.74) is 12.1. The van der Waals surface area contributed by atoms with Gasteiger partial charge in [-0.25, -0.2) is 4.98 Å². The van der Waals surface area contributed by atoms with E-state index in [-0.39, 0.29) is 11.6 Å². The molecular weight excluding hydrogens is 410 g/mol. The monoisotopic (exact) mass is 437 g/mol. The van der Waals surface area contributed by atoms with E-state index >= 15 is 0 Å². The molecule has 4 aromatic rings. The molecule has 0 radical (unpaired) electrons. The first-order valence-electron chi connectivity index (χ1n) is 11.3. The Kier molecular flexibility index (Phi) is 5.65.